The first-order valence-electron chi connectivity index (χ1n) is 6.00. The van der Waals surface area contributed by atoms with Crippen molar-refractivity contribution >= 4 is 38.1 Å². The molecule has 2 rings (SSSR count). The summed E-state index contributed by atoms with van der Waals surface area (Å²) in [4.78, 5) is 10.9. The largest absolute Gasteiger partial charge is 0.301 e. The van der Waals surface area contributed by atoms with E-state index in [1.807, 2.05) is 19.9 Å². The molecule has 0 atom stereocenters. The summed E-state index contributed by atoms with van der Waals surface area (Å²) in [6.07, 6.45) is 0. The van der Waals surface area contributed by atoms with E-state index in [4.69, 9.17) is 0 Å². The van der Waals surface area contributed by atoms with Crippen LogP contribution in [0.15, 0.2) is 22.5 Å². The van der Waals surface area contributed by atoms with Gasteiger partial charge in [0, 0.05) is 6.92 Å². The lowest BCUT2D eigenvalue weighted by molar-refractivity contribution is -0.114. The molecule has 0 bridgehead atoms. The van der Waals surface area contributed by atoms with Gasteiger partial charge in [-0.1, -0.05) is 23.5 Å². The first-order chi connectivity index (χ1) is 9.79. The SMILES string of the molecule is CC(=O)Nc1nnc(S(=O)(=O)Nc2cccc(C)c2C)s1. The zero-order chi connectivity index (χ0) is 15.6. The Morgan fingerprint density at radius 2 is 1.95 bits per heavy atom. The van der Waals surface area contributed by atoms with Gasteiger partial charge in [0.1, 0.15) is 0 Å². The van der Waals surface area contributed by atoms with Crippen molar-refractivity contribution in [1.29, 1.82) is 0 Å². The number of anilines is 2. The molecule has 0 fully saturated rings. The molecule has 0 aliphatic rings. The van der Waals surface area contributed by atoms with Crippen LogP contribution in [0.1, 0.15) is 18.1 Å². The molecule has 1 heterocycles. The highest BCUT2D eigenvalue weighted by atomic mass is 32.2. The third-order valence-corrected chi connectivity index (χ3v) is 5.34. The van der Waals surface area contributed by atoms with E-state index in [9.17, 15) is 13.2 Å². The number of carbonyl (C=O) groups is 1. The van der Waals surface area contributed by atoms with Crippen LogP contribution in [0.5, 0.6) is 0 Å². The number of hydrogen-bond acceptors (Lipinski definition) is 6. The van der Waals surface area contributed by atoms with Gasteiger partial charge in [0.25, 0.3) is 14.4 Å². The quantitative estimate of drug-likeness (QED) is 0.836. The Kier molecular flexibility index (Phi) is 4.24. The summed E-state index contributed by atoms with van der Waals surface area (Å²) >= 11 is 0.793. The second kappa shape index (κ2) is 5.78. The van der Waals surface area contributed by atoms with Crippen molar-refractivity contribution in [3.8, 4) is 0 Å². The highest BCUT2D eigenvalue weighted by molar-refractivity contribution is 7.94. The molecule has 0 aliphatic heterocycles. The van der Waals surface area contributed by atoms with E-state index in [1.165, 1.54) is 6.92 Å². The fourth-order valence-corrected chi connectivity index (χ4v) is 3.64. The Morgan fingerprint density at radius 3 is 2.62 bits per heavy atom. The Balaban J connectivity index is 2.28. The van der Waals surface area contributed by atoms with Crippen LogP contribution in [0.25, 0.3) is 0 Å². The van der Waals surface area contributed by atoms with E-state index in [0.717, 1.165) is 22.5 Å². The van der Waals surface area contributed by atoms with E-state index < -0.39 is 10.0 Å². The van der Waals surface area contributed by atoms with Gasteiger partial charge in [0.05, 0.1) is 5.69 Å². The van der Waals surface area contributed by atoms with Crippen LogP contribution in [0.3, 0.4) is 0 Å². The Morgan fingerprint density at radius 1 is 1.24 bits per heavy atom. The van der Waals surface area contributed by atoms with Crippen molar-refractivity contribution in [3.63, 3.8) is 0 Å². The first kappa shape index (κ1) is 15.4. The maximum Gasteiger partial charge on any atom is 0.291 e. The zero-order valence-corrected chi connectivity index (χ0v) is 13.3. The standard InChI is InChI=1S/C12H14N4O3S2/c1-7-5-4-6-10(8(7)2)16-21(18,19)12-15-14-11(20-12)13-9(3)17/h4-6,16H,1-3H3,(H,13,14,17). The Labute approximate surface area is 126 Å². The van der Waals surface area contributed by atoms with Crippen LogP contribution < -0.4 is 10.0 Å². The van der Waals surface area contributed by atoms with Crippen molar-refractivity contribution in [1.82, 2.24) is 10.2 Å². The van der Waals surface area contributed by atoms with Gasteiger partial charge in [-0.05, 0) is 31.0 Å². The van der Waals surface area contributed by atoms with E-state index in [-0.39, 0.29) is 15.4 Å². The number of aryl methyl sites for hydroxylation is 1. The molecule has 1 aromatic carbocycles. The summed E-state index contributed by atoms with van der Waals surface area (Å²) in [6, 6.07) is 5.34. The summed E-state index contributed by atoms with van der Waals surface area (Å²) in [6.45, 7) is 5.03. The topological polar surface area (TPSA) is 101 Å². The van der Waals surface area contributed by atoms with Gasteiger partial charge in [-0.15, -0.1) is 10.2 Å². The van der Waals surface area contributed by atoms with Crippen molar-refractivity contribution in [3.05, 3.63) is 29.3 Å². The second-order valence-corrected chi connectivity index (χ2v) is 7.24. The molecule has 1 aromatic heterocycles. The molecule has 0 unspecified atom stereocenters. The van der Waals surface area contributed by atoms with E-state index in [0.29, 0.717) is 5.69 Å². The Bertz CT molecular complexity index is 784. The molecule has 9 heteroatoms. The molecule has 2 N–H and O–H groups in total. The number of nitrogens with one attached hydrogen (secondary N) is 2. The average Bonchev–Trinajstić information content (AvgIpc) is 2.83. The molecular weight excluding hydrogens is 312 g/mol. The lowest BCUT2D eigenvalue weighted by Gasteiger charge is -2.10. The molecule has 21 heavy (non-hydrogen) atoms. The third kappa shape index (κ3) is 3.56. The van der Waals surface area contributed by atoms with Gasteiger partial charge in [0.15, 0.2) is 0 Å². The molecular formula is C12H14N4O3S2. The fraction of sp³-hybridized carbons (Fsp3) is 0.250. The number of sulfonamides is 1. The van der Waals surface area contributed by atoms with Gasteiger partial charge >= 0.3 is 0 Å². The summed E-state index contributed by atoms with van der Waals surface area (Å²) in [5.74, 6) is -0.336. The minimum Gasteiger partial charge on any atom is -0.301 e. The number of carbonyl (C=O) groups excluding carboxylic acids is 1. The summed E-state index contributed by atoms with van der Waals surface area (Å²) < 4.78 is 26.8. The number of aromatic nitrogens is 2. The molecule has 1 amide bonds. The number of amides is 1. The van der Waals surface area contributed by atoms with Crippen LogP contribution in [0, 0.1) is 13.8 Å². The average molecular weight is 326 g/mol. The van der Waals surface area contributed by atoms with Crippen LogP contribution in [0.4, 0.5) is 10.8 Å². The molecule has 0 saturated heterocycles. The van der Waals surface area contributed by atoms with Crippen LogP contribution in [-0.2, 0) is 14.8 Å². The predicted molar refractivity (Wildman–Crippen MR) is 80.9 cm³/mol. The van der Waals surface area contributed by atoms with Gasteiger partial charge in [0.2, 0.25) is 11.0 Å². The molecule has 112 valence electrons. The van der Waals surface area contributed by atoms with Crippen LogP contribution in [0.2, 0.25) is 0 Å². The fourth-order valence-electron chi connectivity index (χ4n) is 1.57. The molecule has 0 radical (unpaired) electrons. The van der Waals surface area contributed by atoms with Gasteiger partial charge in [-0.2, -0.15) is 8.42 Å². The predicted octanol–water partition coefficient (Wildman–Crippen LogP) is 1.91. The van der Waals surface area contributed by atoms with Crippen molar-refractivity contribution < 1.29 is 13.2 Å². The molecule has 7 nitrogen and oxygen atoms in total. The normalized spacial score (nSPS) is 11.2. The highest BCUT2D eigenvalue weighted by Gasteiger charge is 2.21. The van der Waals surface area contributed by atoms with Crippen molar-refractivity contribution in [2.75, 3.05) is 10.0 Å². The van der Waals surface area contributed by atoms with Crippen molar-refractivity contribution in [2.45, 2.75) is 25.1 Å². The number of hydrogen-bond donors (Lipinski definition) is 2. The van der Waals surface area contributed by atoms with Crippen molar-refractivity contribution in [2.24, 2.45) is 0 Å². The maximum absolute atomic E-state index is 12.2. The maximum atomic E-state index is 12.2. The van der Waals surface area contributed by atoms with Crippen LogP contribution >= 0.6 is 11.3 Å². The number of benzene rings is 1. The van der Waals surface area contributed by atoms with Crippen LogP contribution in [-0.4, -0.2) is 24.5 Å². The monoisotopic (exact) mass is 326 g/mol. The molecule has 0 spiro atoms. The van der Waals surface area contributed by atoms with E-state index in [1.54, 1.807) is 12.1 Å². The third-order valence-electron chi connectivity index (χ3n) is 2.77. The second-order valence-electron chi connectivity index (χ2n) is 4.41. The smallest absolute Gasteiger partial charge is 0.291 e. The van der Waals surface area contributed by atoms with E-state index in [2.05, 4.69) is 20.2 Å². The number of nitrogens with zero attached hydrogens (tertiary/aromatic N) is 2. The van der Waals surface area contributed by atoms with E-state index >= 15 is 0 Å². The minimum absolute atomic E-state index is 0.142. The highest BCUT2D eigenvalue weighted by Crippen LogP contribution is 2.25. The lowest BCUT2D eigenvalue weighted by Crippen LogP contribution is -2.13. The van der Waals surface area contributed by atoms with Gasteiger partial charge < -0.3 is 5.32 Å². The summed E-state index contributed by atoms with van der Waals surface area (Å²) in [5.41, 5.74) is 2.31. The molecule has 0 aliphatic carbocycles. The van der Waals surface area contributed by atoms with Gasteiger partial charge in [-0.25, -0.2) is 0 Å². The molecule has 0 saturated carbocycles. The lowest BCUT2D eigenvalue weighted by atomic mass is 10.1. The van der Waals surface area contributed by atoms with Gasteiger partial charge in [-0.3, -0.25) is 9.52 Å². The zero-order valence-electron chi connectivity index (χ0n) is 11.7. The Hall–Kier alpha value is -2.00. The number of rotatable bonds is 4. The molecule has 2 aromatic rings. The summed E-state index contributed by atoms with van der Waals surface area (Å²) in [5, 5.41) is 9.75. The summed E-state index contributed by atoms with van der Waals surface area (Å²) in [7, 11) is -3.82. The minimum atomic E-state index is -3.82. The first-order valence-corrected chi connectivity index (χ1v) is 8.29.